The molecule has 2 fully saturated rings. The van der Waals surface area contributed by atoms with E-state index in [1.54, 1.807) is 23.7 Å². The molecule has 2 aliphatic heterocycles. The molecule has 1 spiro atoms. The van der Waals surface area contributed by atoms with Gasteiger partial charge in [-0.05, 0) is 35.2 Å². The number of likely N-dealkylation sites (tertiary alicyclic amines) is 1. The zero-order valence-corrected chi connectivity index (χ0v) is 15.0. The van der Waals surface area contributed by atoms with E-state index in [4.69, 9.17) is 4.74 Å². The van der Waals surface area contributed by atoms with Crippen molar-refractivity contribution in [2.24, 2.45) is 0 Å². The molecule has 4 rings (SSSR count). The van der Waals surface area contributed by atoms with E-state index in [1.165, 1.54) is 11.8 Å². The molecule has 0 N–H and O–H groups in total. The van der Waals surface area contributed by atoms with Gasteiger partial charge >= 0.3 is 0 Å². The van der Waals surface area contributed by atoms with Crippen LogP contribution in [0.4, 0.5) is 0 Å². The number of morpholine rings is 1. The highest BCUT2D eigenvalue weighted by atomic mass is 32.1. The standard InChI is InChI=1S/C18H22N4O2S/c23-17(16-11-19-4-5-20-16)22-8-9-24-18(14-22)2-6-21(7-3-18)12-15-1-10-25-13-15/h1,4-5,10-11,13H,2-3,6-9,12,14H2. The first kappa shape index (κ1) is 16.6. The van der Waals surface area contributed by atoms with Crippen molar-refractivity contribution in [2.75, 3.05) is 32.8 Å². The number of amides is 1. The summed E-state index contributed by atoms with van der Waals surface area (Å²) in [5.74, 6) is -0.0449. The lowest BCUT2D eigenvalue weighted by atomic mass is 9.89. The summed E-state index contributed by atoms with van der Waals surface area (Å²) in [6.45, 7) is 4.87. The van der Waals surface area contributed by atoms with Crippen LogP contribution in [0.1, 0.15) is 28.9 Å². The molecule has 4 heterocycles. The SMILES string of the molecule is O=C(c1cnccn1)N1CCOC2(CCN(Cc3ccsc3)CC2)C1. The first-order valence-electron chi connectivity index (χ1n) is 8.67. The molecule has 2 aromatic heterocycles. The van der Waals surface area contributed by atoms with E-state index in [0.717, 1.165) is 32.5 Å². The van der Waals surface area contributed by atoms with Gasteiger partial charge in [-0.15, -0.1) is 0 Å². The first-order chi connectivity index (χ1) is 12.2. The molecule has 6 nitrogen and oxygen atoms in total. The van der Waals surface area contributed by atoms with Gasteiger partial charge in [0.15, 0.2) is 0 Å². The Hall–Kier alpha value is -1.83. The molecule has 2 aliphatic rings. The van der Waals surface area contributed by atoms with Crippen molar-refractivity contribution in [1.82, 2.24) is 19.8 Å². The third-order valence-corrected chi connectivity index (χ3v) is 5.80. The van der Waals surface area contributed by atoms with Crippen molar-refractivity contribution >= 4 is 17.2 Å². The molecule has 0 saturated carbocycles. The molecule has 25 heavy (non-hydrogen) atoms. The minimum absolute atomic E-state index is 0.0449. The predicted molar refractivity (Wildman–Crippen MR) is 95.4 cm³/mol. The topological polar surface area (TPSA) is 58.6 Å². The molecule has 1 amide bonds. The van der Waals surface area contributed by atoms with E-state index in [9.17, 15) is 4.79 Å². The maximum Gasteiger partial charge on any atom is 0.274 e. The summed E-state index contributed by atoms with van der Waals surface area (Å²) in [6.07, 6.45) is 6.60. The van der Waals surface area contributed by atoms with Crippen molar-refractivity contribution in [1.29, 1.82) is 0 Å². The van der Waals surface area contributed by atoms with Crippen molar-refractivity contribution < 1.29 is 9.53 Å². The molecule has 0 atom stereocenters. The molecule has 0 bridgehead atoms. The number of carbonyl (C=O) groups excluding carboxylic acids is 1. The summed E-state index contributed by atoms with van der Waals surface area (Å²) in [7, 11) is 0. The van der Waals surface area contributed by atoms with Crippen LogP contribution < -0.4 is 0 Å². The van der Waals surface area contributed by atoms with E-state index < -0.39 is 0 Å². The van der Waals surface area contributed by atoms with E-state index in [0.29, 0.717) is 25.4 Å². The van der Waals surface area contributed by atoms with Gasteiger partial charge in [-0.1, -0.05) is 0 Å². The molecule has 2 saturated heterocycles. The second kappa shape index (κ2) is 7.19. The smallest absolute Gasteiger partial charge is 0.274 e. The van der Waals surface area contributed by atoms with Gasteiger partial charge in [0.25, 0.3) is 5.91 Å². The van der Waals surface area contributed by atoms with E-state index in [1.807, 2.05) is 4.90 Å². The van der Waals surface area contributed by atoms with Crippen LogP contribution in [0.5, 0.6) is 0 Å². The van der Waals surface area contributed by atoms with Gasteiger partial charge in [0, 0.05) is 38.6 Å². The Morgan fingerprint density at radius 1 is 1.28 bits per heavy atom. The average molecular weight is 358 g/mol. The summed E-state index contributed by atoms with van der Waals surface area (Å²) in [5.41, 5.74) is 1.58. The molecule has 0 unspecified atom stereocenters. The Balaban J connectivity index is 1.37. The van der Waals surface area contributed by atoms with E-state index in [2.05, 4.69) is 31.7 Å². The highest BCUT2D eigenvalue weighted by Crippen LogP contribution is 2.31. The zero-order chi connectivity index (χ0) is 17.1. The number of piperidine rings is 1. The van der Waals surface area contributed by atoms with Gasteiger partial charge in [0.1, 0.15) is 5.69 Å². The zero-order valence-electron chi connectivity index (χ0n) is 14.1. The fourth-order valence-corrected chi connectivity index (χ4v) is 4.31. The predicted octanol–water partition coefficient (Wildman–Crippen LogP) is 2.05. The van der Waals surface area contributed by atoms with Crippen LogP contribution in [0.3, 0.4) is 0 Å². The summed E-state index contributed by atoms with van der Waals surface area (Å²) in [6, 6.07) is 2.19. The van der Waals surface area contributed by atoms with E-state index in [-0.39, 0.29) is 11.5 Å². The number of hydrogen-bond donors (Lipinski definition) is 0. The van der Waals surface area contributed by atoms with Gasteiger partial charge in [0.05, 0.1) is 24.9 Å². The van der Waals surface area contributed by atoms with Crippen LogP contribution in [-0.4, -0.2) is 64.1 Å². The normalized spacial score (nSPS) is 20.7. The lowest BCUT2D eigenvalue weighted by Crippen LogP contribution is -2.58. The van der Waals surface area contributed by atoms with Gasteiger partial charge < -0.3 is 9.64 Å². The van der Waals surface area contributed by atoms with Gasteiger partial charge in [-0.2, -0.15) is 11.3 Å². The molecule has 7 heteroatoms. The summed E-state index contributed by atoms with van der Waals surface area (Å²) < 4.78 is 6.15. The third kappa shape index (κ3) is 3.73. The molecular weight excluding hydrogens is 336 g/mol. The minimum atomic E-state index is -0.207. The van der Waals surface area contributed by atoms with Crippen LogP contribution in [0.25, 0.3) is 0 Å². The molecular formula is C18H22N4O2S. The maximum absolute atomic E-state index is 12.7. The fraction of sp³-hybridized carbons (Fsp3) is 0.500. The van der Waals surface area contributed by atoms with Gasteiger partial charge in [0.2, 0.25) is 0 Å². The number of ether oxygens (including phenoxy) is 1. The van der Waals surface area contributed by atoms with Crippen LogP contribution >= 0.6 is 11.3 Å². The monoisotopic (exact) mass is 358 g/mol. The van der Waals surface area contributed by atoms with Crippen molar-refractivity contribution in [3.8, 4) is 0 Å². The quantitative estimate of drug-likeness (QED) is 0.840. The number of rotatable bonds is 3. The summed E-state index contributed by atoms with van der Waals surface area (Å²) in [5, 5.41) is 4.34. The van der Waals surface area contributed by atoms with Crippen LogP contribution in [0.2, 0.25) is 0 Å². The number of thiophene rings is 1. The fourth-order valence-electron chi connectivity index (χ4n) is 3.65. The molecule has 0 aliphatic carbocycles. The second-order valence-electron chi connectivity index (χ2n) is 6.76. The van der Waals surface area contributed by atoms with Crippen LogP contribution in [-0.2, 0) is 11.3 Å². The highest BCUT2D eigenvalue weighted by molar-refractivity contribution is 7.07. The molecule has 132 valence electrons. The number of hydrogen-bond acceptors (Lipinski definition) is 6. The van der Waals surface area contributed by atoms with Crippen LogP contribution in [0.15, 0.2) is 35.4 Å². The summed E-state index contributed by atoms with van der Waals surface area (Å²) in [4.78, 5) is 25.2. The minimum Gasteiger partial charge on any atom is -0.371 e. The Labute approximate surface area is 151 Å². The number of nitrogens with zero attached hydrogens (tertiary/aromatic N) is 4. The first-order valence-corrected chi connectivity index (χ1v) is 9.61. The lowest BCUT2D eigenvalue weighted by Gasteiger charge is -2.47. The second-order valence-corrected chi connectivity index (χ2v) is 7.54. The highest BCUT2D eigenvalue weighted by Gasteiger charge is 2.41. The Morgan fingerprint density at radius 3 is 2.88 bits per heavy atom. The van der Waals surface area contributed by atoms with E-state index >= 15 is 0 Å². The van der Waals surface area contributed by atoms with Crippen molar-refractivity contribution in [3.05, 3.63) is 46.7 Å². The Kier molecular flexibility index (Phi) is 4.78. The Bertz CT molecular complexity index is 699. The molecule has 0 aromatic carbocycles. The number of aromatic nitrogens is 2. The summed E-state index contributed by atoms with van der Waals surface area (Å²) >= 11 is 1.74. The largest absolute Gasteiger partial charge is 0.371 e. The maximum atomic E-state index is 12.7. The van der Waals surface area contributed by atoms with Gasteiger partial charge in [-0.25, -0.2) is 4.98 Å². The van der Waals surface area contributed by atoms with Crippen molar-refractivity contribution in [2.45, 2.75) is 25.0 Å². The Morgan fingerprint density at radius 2 is 2.16 bits per heavy atom. The molecule has 2 aromatic rings. The molecule has 0 radical (unpaired) electrons. The van der Waals surface area contributed by atoms with Gasteiger partial charge in [-0.3, -0.25) is 14.7 Å². The number of carbonyl (C=O) groups is 1. The van der Waals surface area contributed by atoms with Crippen LogP contribution in [0, 0.1) is 0 Å². The van der Waals surface area contributed by atoms with Crippen molar-refractivity contribution in [3.63, 3.8) is 0 Å². The average Bonchev–Trinajstić information content (AvgIpc) is 3.17. The lowest BCUT2D eigenvalue weighted by molar-refractivity contribution is -0.128. The third-order valence-electron chi connectivity index (χ3n) is 5.07.